The minimum absolute atomic E-state index is 0.124. The number of hydrogen-bond donors (Lipinski definition) is 0. The fourth-order valence-corrected chi connectivity index (χ4v) is 4.29. The topological polar surface area (TPSA) is 65.3 Å². The van der Waals surface area contributed by atoms with Crippen molar-refractivity contribution in [2.24, 2.45) is 0 Å². The van der Waals surface area contributed by atoms with Crippen LogP contribution in [-0.2, 0) is 11.3 Å². The maximum Gasteiger partial charge on any atom is 0.327 e. The summed E-state index contributed by atoms with van der Waals surface area (Å²) in [5, 5.41) is 0. The van der Waals surface area contributed by atoms with Crippen molar-refractivity contribution >= 4 is 23.5 Å². The average molecular weight is 402 g/mol. The number of rotatable bonds is 3. The van der Waals surface area contributed by atoms with E-state index in [0.29, 0.717) is 43.7 Å². The van der Waals surface area contributed by atoms with Crippen LogP contribution in [-0.4, -0.2) is 58.2 Å². The molecule has 2 aliphatic rings. The molecule has 0 unspecified atom stereocenters. The summed E-state index contributed by atoms with van der Waals surface area (Å²) in [7, 11) is 1.52. The van der Waals surface area contributed by atoms with E-state index in [1.54, 1.807) is 34.1 Å². The van der Waals surface area contributed by atoms with Gasteiger partial charge in [0.05, 0.1) is 6.57 Å². The highest BCUT2D eigenvalue weighted by atomic mass is 16.2. The predicted molar refractivity (Wildman–Crippen MR) is 111 cm³/mol. The van der Waals surface area contributed by atoms with Crippen LogP contribution >= 0.6 is 0 Å². The van der Waals surface area contributed by atoms with Gasteiger partial charge in [-0.1, -0.05) is 54.6 Å². The molecule has 0 aromatic heterocycles. The number of amides is 4. The van der Waals surface area contributed by atoms with Crippen LogP contribution in [0.1, 0.15) is 28.8 Å². The summed E-state index contributed by atoms with van der Waals surface area (Å²) in [6.45, 7) is 8.17. The molecule has 152 valence electrons. The van der Waals surface area contributed by atoms with Crippen LogP contribution < -0.4 is 0 Å². The maximum atomic E-state index is 13.0. The van der Waals surface area contributed by atoms with Gasteiger partial charge in [0.25, 0.3) is 11.8 Å². The Bertz CT molecular complexity index is 1020. The number of benzene rings is 2. The Morgan fingerprint density at radius 2 is 1.67 bits per heavy atom. The summed E-state index contributed by atoms with van der Waals surface area (Å²) >= 11 is 0. The highest BCUT2D eigenvalue weighted by Crippen LogP contribution is 2.38. The molecule has 7 heteroatoms. The van der Waals surface area contributed by atoms with Gasteiger partial charge in [0, 0.05) is 32.2 Å². The Morgan fingerprint density at radius 1 is 1.03 bits per heavy atom. The molecule has 1 spiro atoms. The largest absolute Gasteiger partial charge is 0.338 e. The molecule has 30 heavy (non-hydrogen) atoms. The zero-order valence-electron chi connectivity index (χ0n) is 16.7. The van der Waals surface area contributed by atoms with Gasteiger partial charge in [-0.15, -0.1) is 0 Å². The van der Waals surface area contributed by atoms with Crippen molar-refractivity contribution in [2.45, 2.75) is 24.9 Å². The molecule has 2 heterocycles. The van der Waals surface area contributed by atoms with Crippen molar-refractivity contribution in [3.63, 3.8) is 0 Å². The Hall–Kier alpha value is -3.66. The zero-order valence-corrected chi connectivity index (χ0v) is 16.7. The van der Waals surface area contributed by atoms with Crippen LogP contribution in [0.3, 0.4) is 0 Å². The number of carbonyl (C=O) groups is 3. The third-order valence-corrected chi connectivity index (χ3v) is 6.04. The van der Waals surface area contributed by atoms with Gasteiger partial charge in [-0.25, -0.2) is 9.64 Å². The van der Waals surface area contributed by atoms with E-state index in [0.717, 1.165) is 5.56 Å². The summed E-state index contributed by atoms with van der Waals surface area (Å²) in [6.07, 6.45) is 0.807. The van der Waals surface area contributed by atoms with Crippen molar-refractivity contribution in [1.29, 1.82) is 0 Å². The van der Waals surface area contributed by atoms with Crippen molar-refractivity contribution in [3.05, 3.63) is 77.1 Å². The lowest BCUT2D eigenvalue weighted by Crippen LogP contribution is -2.57. The molecule has 2 aliphatic heterocycles. The molecule has 0 saturated carbocycles. The van der Waals surface area contributed by atoms with Crippen LogP contribution in [0.2, 0.25) is 0 Å². The van der Waals surface area contributed by atoms with Crippen molar-refractivity contribution < 1.29 is 14.4 Å². The molecule has 4 amide bonds. The minimum Gasteiger partial charge on any atom is -0.338 e. The number of urea groups is 1. The SMILES string of the molecule is [C-]#[N+]c1ccc(C(=O)N2CCC3(CC2)C(=O)N(C)C(=O)N3Cc2ccccc2)cc1. The Kier molecular flexibility index (Phi) is 5.00. The van der Waals surface area contributed by atoms with Crippen LogP contribution in [0.15, 0.2) is 54.6 Å². The number of likely N-dealkylation sites (N-methyl/N-ethyl adjacent to an activating group) is 1. The first-order chi connectivity index (χ1) is 14.5. The van der Waals surface area contributed by atoms with E-state index in [2.05, 4.69) is 4.85 Å². The summed E-state index contributed by atoms with van der Waals surface area (Å²) < 4.78 is 0. The number of likely N-dealkylation sites (tertiary alicyclic amines) is 1. The molecule has 0 atom stereocenters. The molecular weight excluding hydrogens is 380 g/mol. The summed E-state index contributed by atoms with van der Waals surface area (Å²) in [6, 6.07) is 15.9. The zero-order chi connectivity index (χ0) is 21.3. The van der Waals surface area contributed by atoms with E-state index in [-0.39, 0.29) is 17.8 Å². The average Bonchev–Trinajstić information content (AvgIpc) is 2.96. The van der Waals surface area contributed by atoms with E-state index in [1.165, 1.54) is 11.9 Å². The maximum absolute atomic E-state index is 13.0. The first-order valence-electron chi connectivity index (χ1n) is 9.87. The smallest absolute Gasteiger partial charge is 0.327 e. The standard InChI is InChI=1S/C23H22N4O3/c1-24-19-10-8-18(9-11-19)20(28)26-14-12-23(13-15-26)21(29)25(2)22(30)27(23)16-17-6-4-3-5-7-17/h3-11H,12-16H2,2H3. The van der Waals surface area contributed by atoms with Gasteiger partial charge in [0.15, 0.2) is 5.69 Å². The summed E-state index contributed by atoms with van der Waals surface area (Å²) in [5.41, 5.74) is 1.06. The Morgan fingerprint density at radius 3 is 2.27 bits per heavy atom. The van der Waals surface area contributed by atoms with Crippen molar-refractivity contribution in [3.8, 4) is 0 Å². The first-order valence-corrected chi connectivity index (χ1v) is 9.87. The van der Waals surface area contributed by atoms with Gasteiger partial charge in [-0.05, 0) is 18.4 Å². The number of nitrogens with zero attached hydrogens (tertiary/aromatic N) is 4. The number of piperidine rings is 1. The molecule has 0 bridgehead atoms. The second-order valence-electron chi connectivity index (χ2n) is 7.70. The molecule has 4 rings (SSSR count). The molecule has 0 N–H and O–H groups in total. The second-order valence-corrected chi connectivity index (χ2v) is 7.70. The minimum atomic E-state index is -0.910. The fourth-order valence-electron chi connectivity index (χ4n) is 4.29. The molecule has 2 aromatic carbocycles. The third kappa shape index (κ3) is 3.20. The Balaban J connectivity index is 1.53. The second kappa shape index (κ2) is 7.64. The third-order valence-electron chi connectivity index (χ3n) is 6.04. The van der Waals surface area contributed by atoms with Gasteiger partial charge in [0.2, 0.25) is 0 Å². The van der Waals surface area contributed by atoms with Gasteiger partial charge in [-0.3, -0.25) is 14.5 Å². The number of hydrogen-bond acceptors (Lipinski definition) is 3. The van der Waals surface area contributed by atoms with Crippen molar-refractivity contribution in [2.75, 3.05) is 20.1 Å². The van der Waals surface area contributed by atoms with Gasteiger partial charge < -0.3 is 9.80 Å². The van der Waals surface area contributed by atoms with Crippen LogP contribution in [0, 0.1) is 6.57 Å². The molecule has 2 fully saturated rings. The predicted octanol–water partition coefficient (Wildman–Crippen LogP) is 3.31. The Labute approximate surface area is 175 Å². The van der Waals surface area contributed by atoms with E-state index in [9.17, 15) is 14.4 Å². The highest BCUT2D eigenvalue weighted by Gasteiger charge is 2.57. The molecule has 2 aromatic rings. The summed E-state index contributed by atoms with van der Waals surface area (Å²) in [5.74, 6) is -0.321. The molecule has 7 nitrogen and oxygen atoms in total. The van der Waals surface area contributed by atoms with Gasteiger partial charge >= 0.3 is 6.03 Å². The first kappa shape index (κ1) is 19.6. The lowest BCUT2D eigenvalue weighted by molar-refractivity contribution is -0.134. The molecular formula is C23H22N4O3. The van der Waals surface area contributed by atoms with Gasteiger partial charge in [-0.2, -0.15) is 0 Å². The van der Waals surface area contributed by atoms with Crippen LogP contribution in [0.5, 0.6) is 0 Å². The quantitative estimate of drug-likeness (QED) is 0.584. The highest BCUT2D eigenvalue weighted by molar-refractivity contribution is 6.07. The van der Waals surface area contributed by atoms with Crippen LogP contribution in [0.4, 0.5) is 10.5 Å². The molecule has 0 radical (unpaired) electrons. The fraction of sp³-hybridized carbons (Fsp3) is 0.304. The van der Waals surface area contributed by atoms with Crippen LogP contribution in [0.25, 0.3) is 4.85 Å². The monoisotopic (exact) mass is 402 g/mol. The number of imide groups is 1. The molecule has 2 saturated heterocycles. The van der Waals surface area contributed by atoms with Crippen molar-refractivity contribution in [1.82, 2.24) is 14.7 Å². The summed E-state index contributed by atoms with van der Waals surface area (Å²) in [4.78, 5) is 46.6. The normalized spacial score (nSPS) is 18.1. The lowest BCUT2D eigenvalue weighted by Gasteiger charge is -2.42. The van der Waals surface area contributed by atoms with E-state index < -0.39 is 5.54 Å². The lowest BCUT2D eigenvalue weighted by atomic mass is 9.85. The van der Waals surface area contributed by atoms with E-state index in [4.69, 9.17) is 6.57 Å². The van der Waals surface area contributed by atoms with E-state index >= 15 is 0 Å². The number of carbonyl (C=O) groups excluding carboxylic acids is 3. The van der Waals surface area contributed by atoms with Gasteiger partial charge in [0.1, 0.15) is 5.54 Å². The molecule has 0 aliphatic carbocycles. The van der Waals surface area contributed by atoms with E-state index in [1.807, 2.05) is 30.3 Å².